The van der Waals surface area contributed by atoms with Gasteiger partial charge in [-0.15, -0.1) is 0 Å². The lowest BCUT2D eigenvalue weighted by Gasteiger charge is -2.26. The van der Waals surface area contributed by atoms with E-state index >= 15 is 0 Å². The lowest BCUT2D eigenvalue weighted by molar-refractivity contribution is -0.126. The Morgan fingerprint density at radius 2 is 1.68 bits per heavy atom. The second-order valence-corrected chi connectivity index (χ2v) is 8.18. The number of hydrogen-bond donors (Lipinski definition) is 0. The molecule has 1 aliphatic heterocycles. The number of carbonyl (C=O) groups is 2. The van der Waals surface area contributed by atoms with Crippen molar-refractivity contribution in [1.82, 2.24) is 9.78 Å². The molecule has 0 saturated heterocycles. The molecule has 0 spiro atoms. The summed E-state index contributed by atoms with van der Waals surface area (Å²) in [7, 11) is 0. The molecule has 1 amide bonds. The van der Waals surface area contributed by atoms with Gasteiger partial charge in [-0.1, -0.05) is 36.4 Å². The Bertz CT molecular complexity index is 1230. The molecule has 0 saturated carbocycles. The van der Waals surface area contributed by atoms with Crippen LogP contribution in [0.4, 0.5) is 5.69 Å². The zero-order valence-corrected chi connectivity index (χ0v) is 18.0. The molecule has 0 fully saturated rings. The molecule has 0 unspecified atom stereocenters. The summed E-state index contributed by atoms with van der Waals surface area (Å²) in [4.78, 5) is 40.6. The van der Waals surface area contributed by atoms with Crippen molar-refractivity contribution in [2.45, 2.75) is 52.3 Å². The van der Waals surface area contributed by atoms with Gasteiger partial charge in [0.05, 0.1) is 11.4 Å². The molecule has 0 bridgehead atoms. The van der Waals surface area contributed by atoms with Crippen molar-refractivity contribution in [2.75, 3.05) is 4.90 Å². The number of fused-ring (bicyclic) bond motifs is 2. The second-order valence-electron chi connectivity index (χ2n) is 8.18. The Morgan fingerprint density at radius 1 is 1.03 bits per heavy atom. The quantitative estimate of drug-likeness (QED) is 0.605. The van der Waals surface area contributed by atoms with Crippen molar-refractivity contribution < 1.29 is 14.3 Å². The van der Waals surface area contributed by atoms with Gasteiger partial charge >= 0.3 is 5.97 Å². The molecule has 1 aliphatic rings. The molecule has 2 aromatic carbocycles. The van der Waals surface area contributed by atoms with Gasteiger partial charge in [0.15, 0.2) is 11.8 Å². The van der Waals surface area contributed by atoms with Gasteiger partial charge < -0.3 is 9.64 Å². The molecular formula is C24H25N3O4. The van der Waals surface area contributed by atoms with Crippen molar-refractivity contribution in [2.24, 2.45) is 0 Å². The van der Waals surface area contributed by atoms with Crippen LogP contribution in [0.1, 0.15) is 49.8 Å². The van der Waals surface area contributed by atoms with Crippen LogP contribution in [-0.4, -0.2) is 33.8 Å². The third-order valence-electron chi connectivity index (χ3n) is 5.59. The minimum atomic E-state index is -0.999. The van der Waals surface area contributed by atoms with Crippen LogP contribution in [0, 0.1) is 0 Å². The lowest BCUT2D eigenvalue weighted by atomic mass is 10.1. The maximum Gasteiger partial charge on any atom is 0.360 e. The highest BCUT2D eigenvalue weighted by molar-refractivity contribution is 6.04. The summed E-state index contributed by atoms with van der Waals surface area (Å²) in [6, 6.07) is 14.3. The van der Waals surface area contributed by atoms with Crippen LogP contribution in [0.3, 0.4) is 0 Å². The fourth-order valence-electron chi connectivity index (χ4n) is 4.07. The Kier molecular flexibility index (Phi) is 5.35. The van der Waals surface area contributed by atoms with E-state index < -0.39 is 12.1 Å². The fourth-order valence-corrected chi connectivity index (χ4v) is 4.07. The van der Waals surface area contributed by atoms with E-state index in [4.69, 9.17) is 4.74 Å². The van der Waals surface area contributed by atoms with E-state index in [2.05, 4.69) is 5.10 Å². The topological polar surface area (TPSA) is 81.5 Å². The molecule has 0 N–H and O–H groups in total. The van der Waals surface area contributed by atoms with Crippen LogP contribution in [-0.2, 0) is 16.0 Å². The minimum Gasteiger partial charge on any atom is -0.448 e. The monoisotopic (exact) mass is 419 g/mol. The van der Waals surface area contributed by atoms with Gasteiger partial charge in [-0.25, -0.2) is 9.48 Å². The molecule has 2 atom stereocenters. The van der Waals surface area contributed by atoms with Gasteiger partial charge in [-0.2, -0.15) is 5.10 Å². The number of carbonyl (C=O) groups excluding carboxylic acids is 2. The molecule has 7 heteroatoms. The molecule has 3 aromatic rings. The lowest BCUT2D eigenvalue weighted by Crippen LogP contribution is -2.43. The Hall–Kier alpha value is -3.48. The molecule has 31 heavy (non-hydrogen) atoms. The number of anilines is 1. The summed E-state index contributed by atoms with van der Waals surface area (Å²) in [5.74, 6) is -1.01. The normalized spacial score (nSPS) is 16.4. The van der Waals surface area contributed by atoms with E-state index in [-0.39, 0.29) is 29.2 Å². The summed E-state index contributed by atoms with van der Waals surface area (Å²) in [6.45, 7) is 7.17. The largest absolute Gasteiger partial charge is 0.448 e. The third-order valence-corrected chi connectivity index (χ3v) is 5.59. The minimum absolute atomic E-state index is 0.0205. The van der Waals surface area contributed by atoms with Crippen LogP contribution in [0.5, 0.6) is 0 Å². The van der Waals surface area contributed by atoms with Gasteiger partial charge in [0.2, 0.25) is 0 Å². The fraction of sp³-hybridized carbons (Fsp3) is 0.333. The first kappa shape index (κ1) is 20.8. The predicted molar refractivity (Wildman–Crippen MR) is 118 cm³/mol. The number of amides is 1. The maximum atomic E-state index is 13.2. The molecular weight excluding hydrogens is 394 g/mol. The zero-order valence-electron chi connectivity index (χ0n) is 18.0. The van der Waals surface area contributed by atoms with Crippen LogP contribution in [0.2, 0.25) is 0 Å². The van der Waals surface area contributed by atoms with E-state index in [9.17, 15) is 14.4 Å². The van der Waals surface area contributed by atoms with Crippen molar-refractivity contribution >= 4 is 28.3 Å². The highest BCUT2D eigenvalue weighted by Crippen LogP contribution is 2.32. The van der Waals surface area contributed by atoms with Gasteiger partial charge in [-0.05, 0) is 51.8 Å². The highest BCUT2D eigenvalue weighted by atomic mass is 16.5. The Morgan fingerprint density at radius 3 is 2.39 bits per heavy atom. The summed E-state index contributed by atoms with van der Waals surface area (Å²) in [5.41, 5.74) is 1.70. The number of ether oxygens (including phenoxy) is 1. The summed E-state index contributed by atoms with van der Waals surface area (Å²) in [5, 5.41) is 5.06. The summed E-state index contributed by atoms with van der Waals surface area (Å²) in [6.07, 6.45) is -0.241. The van der Waals surface area contributed by atoms with E-state index in [1.807, 2.05) is 45.0 Å². The first-order chi connectivity index (χ1) is 14.8. The van der Waals surface area contributed by atoms with Crippen LogP contribution < -0.4 is 10.5 Å². The first-order valence-electron chi connectivity index (χ1n) is 10.4. The molecule has 0 aliphatic carbocycles. The predicted octanol–water partition coefficient (Wildman–Crippen LogP) is 3.50. The smallest absolute Gasteiger partial charge is 0.360 e. The summed E-state index contributed by atoms with van der Waals surface area (Å²) < 4.78 is 6.82. The van der Waals surface area contributed by atoms with E-state index in [1.54, 1.807) is 36.1 Å². The number of para-hydroxylation sites is 1. The van der Waals surface area contributed by atoms with Gasteiger partial charge in [0, 0.05) is 17.1 Å². The first-order valence-corrected chi connectivity index (χ1v) is 10.4. The van der Waals surface area contributed by atoms with E-state index in [0.29, 0.717) is 10.8 Å². The third kappa shape index (κ3) is 3.60. The van der Waals surface area contributed by atoms with Crippen molar-refractivity contribution in [1.29, 1.82) is 0 Å². The molecule has 4 rings (SSSR count). The highest BCUT2D eigenvalue weighted by Gasteiger charge is 2.35. The second kappa shape index (κ2) is 7.98. The number of esters is 1. The number of hydrogen-bond acceptors (Lipinski definition) is 5. The number of nitrogens with zero attached hydrogens (tertiary/aromatic N) is 3. The standard InChI is InChI=1S/C24H25N3O4/c1-14(2)27-23(29)19-11-7-6-10-18(19)21(25-27)24(30)31-16(4)22(28)26-15(3)13-17-9-5-8-12-20(17)26/h5-12,14-16H,13H2,1-4H3/t15-,16-/m0/s1. The van der Waals surface area contributed by atoms with Gasteiger partial charge in [-0.3, -0.25) is 9.59 Å². The Balaban J connectivity index is 1.64. The van der Waals surface area contributed by atoms with Crippen molar-refractivity contribution in [3.8, 4) is 0 Å². The average molecular weight is 419 g/mol. The summed E-state index contributed by atoms with van der Waals surface area (Å²) >= 11 is 0. The molecule has 7 nitrogen and oxygen atoms in total. The van der Waals surface area contributed by atoms with Gasteiger partial charge in [0.25, 0.3) is 11.5 Å². The number of aromatic nitrogens is 2. The average Bonchev–Trinajstić information content (AvgIpc) is 3.08. The molecule has 1 aromatic heterocycles. The van der Waals surface area contributed by atoms with Crippen LogP contribution in [0.15, 0.2) is 53.3 Å². The Labute approximate surface area is 180 Å². The zero-order chi connectivity index (χ0) is 22.3. The molecule has 0 radical (unpaired) electrons. The van der Waals surface area contributed by atoms with Crippen LogP contribution in [0.25, 0.3) is 10.8 Å². The SMILES string of the molecule is CC(C)n1nc(C(=O)O[C@@H](C)C(=O)N2c3ccccc3C[C@@H]2C)c2ccccc2c1=O. The maximum absolute atomic E-state index is 13.2. The molecule has 2 heterocycles. The van der Waals surface area contributed by atoms with Gasteiger partial charge in [0.1, 0.15) is 0 Å². The molecule has 160 valence electrons. The van der Waals surface area contributed by atoms with Crippen molar-refractivity contribution in [3.63, 3.8) is 0 Å². The van der Waals surface area contributed by atoms with Crippen LogP contribution >= 0.6 is 0 Å². The van der Waals surface area contributed by atoms with Crippen molar-refractivity contribution in [3.05, 3.63) is 70.1 Å². The van der Waals surface area contributed by atoms with E-state index in [0.717, 1.165) is 17.7 Å². The number of rotatable bonds is 4. The van der Waals surface area contributed by atoms with E-state index in [1.165, 1.54) is 4.68 Å². The number of benzene rings is 2.